The summed E-state index contributed by atoms with van der Waals surface area (Å²) in [6, 6.07) is -2.29. The van der Waals surface area contributed by atoms with Crippen molar-refractivity contribution in [1.29, 1.82) is 0 Å². The van der Waals surface area contributed by atoms with E-state index in [1.165, 1.54) is 0 Å². The fourth-order valence-corrected chi connectivity index (χ4v) is 8.51. The third-order valence-electron chi connectivity index (χ3n) is 7.66. The molecule has 1 amide bonds. The fraction of sp³-hybridized carbons (Fsp3) is 0.947. The highest BCUT2D eigenvalue weighted by atomic mass is 32.2. The molecule has 11 heteroatoms. The number of nitrogens with zero attached hydrogens (tertiary/aromatic N) is 2. The first kappa shape index (κ1) is 23.4. The largest absolute Gasteiger partial charge is 0.377 e. The van der Waals surface area contributed by atoms with E-state index < -0.39 is 50.7 Å². The Kier molecular flexibility index (Phi) is 6.23. The number of hydrogen-bond acceptors (Lipinski definition) is 8. The maximum atomic E-state index is 13.1. The number of carbonyl (C=O) groups excluding carboxylic acids is 1. The molecule has 1 heterocycles. The molecule has 3 rings (SSSR count). The lowest BCUT2D eigenvalue weighted by Gasteiger charge is -2.37. The zero-order valence-electron chi connectivity index (χ0n) is 17.9. The number of rotatable bonds is 9. The molecule has 3 aliphatic rings. The third kappa shape index (κ3) is 3.43. The number of nitro groups is 1. The number of fused-ring (bicyclic) bond motifs is 1. The molecule has 30 heavy (non-hydrogen) atoms. The van der Waals surface area contributed by atoms with Crippen molar-refractivity contribution in [2.24, 2.45) is 16.7 Å². The zero-order chi connectivity index (χ0) is 22.5. The highest BCUT2D eigenvalue weighted by Crippen LogP contribution is 2.70. The monoisotopic (exact) mass is 448 g/mol. The Bertz CT molecular complexity index is 794. The van der Waals surface area contributed by atoms with E-state index in [9.17, 15) is 28.4 Å². The minimum Gasteiger partial charge on any atom is -0.377 e. The highest BCUT2D eigenvalue weighted by Gasteiger charge is 2.72. The molecule has 1 aliphatic heterocycles. The summed E-state index contributed by atoms with van der Waals surface area (Å²) in [7, 11) is -3.97. The van der Waals surface area contributed by atoms with Gasteiger partial charge in [0, 0.05) is 23.6 Å². The Labute approximate surface area is 177 Å². The van der Waals surface area contributed by atoms with E-state index in [0.29, 0.717) is 12.8 Å². The Morgan fingerprint density at radius 1 is 1.30 bits per heavy atom. The lowest BCUT2D eigenvalue weighted by Crippen LogP contribution is -2.53. The first-order valence-electron chi connectivity index (χ1n) is 10.5. The topological polar surface area (TPSA) is 136 Å². The van der Waals surface area contributed by atoms with Gasteiger partial charge in [0.15, 0.2) is 6.29 Å². The fourth-order valence-electron chi connectivity index (χ4n) is 5.96. The van der Waals surface area contributed by atoms with E-state index in [4.69, 9.17) is 9.47 Å². The number of ether oxygens (including phenoxy) is 2. The van der Waals surface area contributed by atoms with Crippen LogP contribution in [0.15, 0.2) is 0 Å². The summed E-state index contributed by atoms with van der Waals surface area (Å²) < 4.78 is 37.4. The highest BCUT2D eigenvalue weighted by molar-refractivity contribution is 7.90. The first-order valence-corrected chi connectivity index (χ1v) is 12.1. The average Bonchev–Trinajstić information content (AvgIpc) is 3.12. The molecule has 0 unspecified atom stereocenters. The van der Waals surface area contributed by atoms with Gasteiger partial charge in [-0.1, -0.05) is 13.8 Å². The van der Waals surface area contributed by atoms with Crippen LogP contribution in [0.1, 0.15) is 53.4 Å². The molecule has 0 radical (unpaired) electrons. The Balaban J connectivity index is 1.86. The van der Waals surface area contributed by atoms with Crippen molar-refractivity contribution in [2.45, 2.75) is 77.9 Å². The van der Waals surface area contributed by atoms with Crippen LogP contribution in [0.25, 0.3) is 0 Å². The second-order valence-corrected chi connectivity index (χ2v) is 11.0. The van der Waals surface area contributed by atoms with Crippen molar-refractivity contribution in [3.63, 3.8) is 0 Å². The van der Waals surface area contributed by atoms with Crippen LogP contribution in [-0.2, 0) is 24.3 Å². The second-order valence-electron chi connectivity index (χ2n) is 9.13. The number of amides is 1. The van der Waals surface area contributed by atoms with Crippen LogP contribution in [0, 0.1) is 26.9 Å². The molecular formula is C19H32N2O8S. The third-order valence-corrected chi connectivity index (χ3v) is 9.57. The predicted molar refractivity (Wildman–Crippen MR) is 106 cm³/mol. The summed E-state index contributed by atoms with van der Waals surface area (Å²) in [6.07, 6.45) is -1.29. The SMILES string of the molecule is CCOC(C[C@H]([C@H](O)C(=O)N1[C@@H]2C[C@H]3CC[C@]2(CS1(=O)=O)C3(C)C)[N+](=O)[O-])OCC. The molecule has 1 spiro atoms. The molecule has 0 aromatic carbocycles. The van der Waals surface area contributed by atoms with Gasteiger partial charge in [-0.15, -0.1) is 0 Å². The molecule has 0 aromatic rings. The van der Waals surface area contributed by atoms with Crippen LogP contribution in [0.2, 0.25) is 0 Å². The van der Waals surface area contributed by atoms with Gasteiger partial charge in [0.2, 0.25) is 16.1 Å². The molecule has 1 N–H and O–H groups in total. The van der Waals surface area contributed by atoms with Gasteiger partial charge in [-0.3, -0.25) is 14.9 Å². The quantitative estimate of drug-likeness (QED) is 0.315. The molecule has 2 saturated carbocycles. The number of carbonyl (C=O) groups is 1. The van der Waals surface area contributed by atoms with Crippen molar-refractivity contribution in [1.82, 2.24) is 4.31 Å². The van der Waals surface area contributed by atoms with Crippen LogP contribution in [0.3, 0.4) is 0 Å². The molecule has 5 atom stereocenters. The molecule has 1 saturated heterocycles. The maximum Gasteiger partial charge on any atom is 0.272 e. The van der Waals surface area contributed by atoms with Gasteiger partial charge in [0.05, 0.1) is 18.2 Å². The number of aliphatic hydroxyl groups excluding tert-OH is 1. The van der Waals surface area contributed by atoms with Crippen molar-refractivity contribution in [3.8, 4) is 0 Å². The minimum atomic E-state index is -3.97. The lowest BCUT2D eigenvalue weighted by molar-refractivity contribution is -0.536. The normalized spacial score (nSPS) is 32.9. The molecule has 0 aromatic heterocycles. The van der Waals surface area contributed by atoms with Crippen molar-refractivity contribution in [3.05, 3.63) is 10.1 Å². The van der Waals surface area contributed by atoms with E-state index in [1.54, 1.807) is 13.8 Å². The summed E-state index contributed by atoms with van der Waals surface area (Å²) in [5.41, 5.74) is -0.808. The van der Waals surface area contributed by atoms with Gasteiger partial charge in [0.25, 0.3) is 11.9 Å². The van der Waals surface area contributed by atoms with E-state index in [2.05, 4.69) is 0 Å². The Hall–Kier alpha value is -1.30. The van der Waals surface area contributed by atoms with E-state index in [0.717, 1.165) is 10.7 Å². The van der Waals surface area contributed by atoms with Crippen LogP contribution in [0.4, 0.5) is 0 Å². The van der Waals surface area contributed by atoms with E-state index in [1.807, 2.05) is 13.8 Å². The van der Waals surface area contributed by atoms with E-state index in [-0.39, 0.29) is 36.7 Å². The van der Waals surface area contributed by atoms with Gasteiger partial charge in [-0.2, -0.15) is 0 Å². The van der Waals surface area contributed by atoms with Crippen LogP contribution in [-0.4, -0.2) is 72.1 Å². The smallest absolute Gasteiger partial charge is 0.272 e. The second kappa shape index (κ2) is 7.99. The Morgan fingerprint density at radius 3 is 2.40 bits per heavy atom. The molecule has 2 aliphatic carbocycles. The van der Waals surface area contributed by atoms with E-state index >= 15 is 0 Å². The number of aliphatic hydroxyl groups is 1. The average molecular weight is 449 g/mol. The molecular weight excluding hydrogens is 416 g/mol. The molecule has 2 bridgehead atoms. The predicted octanol–water partition coefficient (Wildman–Crippen LogP) is 1.15. The van der Waals surface area contributed by atoms with Gasteiger partial charge in [-0.25, -0.2) is 12.7 Å². The minimum absolute atomic E-state index is 0.156. The summed E-state index contributed by atoms with van der Waals surface area (Å²) in [4.78, 5) is 24.0. The molecule has 10 nitrogen and oxygen atoms in total. The zero-order valence-corrected chi connectivity index (χ0v) is 18.8. The Morgan fingerprint density at radius 2 is 1.90 bits per heavy atom. The van der Waals surface area contributed by atoms with Crippen LogP contribution < -0.4 is 0 Å². The van der Waals surface area contributed by atoms with Crippen molar-refractivity contribution >= 4 is 15.9 Å². The molecule has 172 valence electrons. The van der Waals surface area contributed by atoms with Gasteiger partial charge in [0.1, 0.15) is 0 Å². The van der Waals surface area contributed by atoms with Crippen LogP contribution >= 0.6 is 0 Å². The number of sulfonamides is 1. The maximum absolute atomic E-state index is 13.1. The summed E-state index contributed by atoms with van der Waals surface area (Å²) in [6.45, 7) is 7.95. The van der Waals surface area contributed by atoms with Crippen molar-refractivity contribution in [2.75, 3.05) is 19.0 Å². The van der Waals surface area contributed by atoms with Crippen LogP contribution in [0.5, 0.6) is 0 Å². The summed E-state index contributed by atoms with van der Waals surface area (Å²) >= 11 is 0. The summed E-state index contributed by atoms with van der Waals surface area (Å²) in [5, 5.41) is 22.3. The van der Waals surface area contributed by atoms with Gasteiger partial charge >= 0.3 is 0 Å². The standard InChI is InChI=1S/C19H32N2O8S/c1-5-28-15(29-6-2)10-13(21(24)25)16(22)17(23)20-14-9-12-7-8-19(14,18(12,3)4)11-30(20,26)27/h12-16,22H,5-11H2,1-4H3/t12-,13-,14-,16+,19-/m1/s1. The van der Waals surface area contributed by atoms with Gasteiger partial charge < -0.3 is 14.6 Å². The van der Waals surface area contributed by atoms with Crippen molar-refractivity contribution < 1.29 is 32.7 Å². The van der Waals surface area contributed by atoms with Gasteiger partial charge in [-0.05, 0) is 44.4 Å². The number of hydrogen-bond donors (Lipinski definition) is 1. The lowest BCUT2D eigenvalue weighted by atomic mass is 9.69. The first-order chi connectivity index (χ1) is 13.9. The molecule has 3 fully saturated rings. The summed E-state index contributed by atoms with van der Waals surface area (Å²) in [5.74, 6) is -0.985.